The minimum Gasteiger partial charge on any atom is -0.477 e. The van der Waals surface area contributed by atoms with Gasteiger partial charge in [0.1, 0.15) is 17.0 Å². The van der Waals surface area contributed by atoms with Crippen molar-refractivity contribution < 1.29 is 14.3 Å². The molecule has 3 aromatic heterocycles. The monoisotopic (exact) mass is 540 g/mol. The SMILES string of the molecule is CNc1cc(F)cc2c1Cc1ncc(-c3cnc4c(c3)c(=O)c(C(=O)O)cn4C)c(N3CCC(NC4CC4)C3)c1-2. The third kappa shape index (κ3) is 3.93. The Morgan fingerprint density at radius 1 is 1.10 bits per heavy atom. The van der Waals surface area contributed by atoms with E-state index in [1.807, 2.05) is 6.20 Å². The van der Waals surface area contributed by atoms with Crippen LogP contribution >= 0.6 is 0 Å². The average Bonchev–Trinajstić information content (AvgIpc) is 3.50. The van der Waals surface area contributed by atoms with Crippen molar-refractivity contribution >= 4 is 28.4 Å². The lowest BCUT2D eigenvalue weighted by Crippen LogP contribution is -2.34. The Morgan fingerprint density at radius 2 is 1.93 bits per heavy atom. The van der Waals surface area contributed by atoms with E-state index < -0.39 is 11.4 Å². The summed E-state index contributed by atoms with van der Waals surface area (Å²) in [5, 5.41) is 16.7. The number of carbonyl (C=O) groups is 1. The highest BCUT2D eigenvalue weighted by molar-refractivity contribution is 5.98. The fraction of sp³-hybridized carbons (Fsp3) is 0.333. The van der Waals surface area contributed by atoms with Crippen molar-refractivity contribution in [3.05, 3.63) is 69.7 Å². The van der Waals surface area contributed by atoms with Crippen LogP contribution in [0, 0.1) is 5.82 Å². The minimum absolute atomic E-state index is 0.227. The predicted molar refractivity (Wildman–Crippen MR) is 152 cm³/mol. The van der Waals surface area contributed by atoms with Gasteiger partial charge in [-0.25, -0.2) is 14.2 Å². The molecule has 40 heavy (non-hydrogen) atoms. The second-order valence-electron chi connectivity index (χ2n) is 11.0. The zero-order valence-electron chi connectivity index (χ0n) is 22.3. The highest BCUT2D eigenvalue weighted by Crippen LogP contribution is 2.49. The molecule has 3 N–H and O–H groups in total. The van der Waals surface area contributed by atoms with Crippen LogP contribution < -0.4 is 21.0 Å². The van der Waals surface area contributed by atoms with Crippen LogP contribution in [0.2, 0.25) is 0 Å². The number of anilines is 2. The summed E-state index contributed by atoms with van der Waals surface area (Å²) in [5.74, 6) is -1.60. The minimum atomic E-state index is -1.28. The summed E-state index contributed by atoms with van der Waals surface area (Å²) in [7, 11) is 3.46. The van der Waals surface area contributed by atoms with Crippen molar-refractivity contribution in [1.29, 1.82) is 0 Å². The van der Waals surface area contributed by atoms with Gasteiger partial charge in [0.15, 0.2) is 0 Å². The molecule has 2 fully saturated rings. The zero-order valence-corrected chi connectivity index (χ0v) is 22.3. The van der Waals surface area contributed by atoms with E-state index in [1.54, 1.807) is 37.0 Å². The smallest absolute Gasteiger partial charge is 0.341 e. The van der Waals surface area contributed by atoms with Crippen molar-refractivity contribution in [1.82, 2.24) is 19.9 Å². The number of aryl methyl sites for hydroxylation is 1. The van der Waals surface area contributed by atoms with Gasteiger partial charge in [0, 0.05) is 86.7 Å². The molecule has 10 heteroatoms. The first-order valence-corrected chi connectivity index (χ1v) is 13.6. The molecule has 1 aromatic carbocycles. The number of aromatic carboxylic acids is 1. The Bertz CT molecular complexity index is 1780. The maximum Gasteiger partial charge on any atom is 0.341 e. The first-order valence-electron chi connectivity index (χ1n) is 13.6. The lowest BCUT2D eigenvalue weighted by Gasteiger charge is -2.26. The summed E-state index contributed by atoms with van der Waals surface area (Å²) >= 11 is 0. The molecule has 204 valence electrons. The Hall–Kier alpha value is -4.31. The van der Waals surface area contributed by atoms with E-state index in [1.165, 1.54) is 25.1 Å². The van der Waals surface area contributed by atoms with Crippen molar-refractivity contribution in [3.8, 4) is 22.3 Å². The second-order valence-corrected chi connectivity index (χ2v) is 11.0. The number of aromatic nitrogens is 3. The molecule has 1 aliphatic heterocycles. The maximum atomic E-state index is 14.8. The highest BCUT2D eigenvalue weighted by atomic mass is 19.1. The van der Waals surface area contributed by atoms with Crippen LogP contribution in [-0.2, 0) is 13.5 Å². The number of hydrogen-bond acceptors (Lipinski definition) is 7. The number of fused-ring (bicyclic) bond motifs is 4. The first kappa shape index (κ1) is 24.7. The van der Waals surface area contributed by atoms with Crippen LogP contribution in [0.5, 0.6) is 0 Å². The molecule has 4 heterocycles. The summed E-state index contributed by atoms with van der Waals surface area (Å²) in [5.41, 5.74) is 6.27. The number of carboxylic acid groups (broad SMARTS) is 1. The van der Waals surface area contributed by atoms with Gasteiger partial charge in [-0.3, -0.25) is 9.78 Å². The van der Waals surface area contributed by atoms with E-state index in [4.69, 9.17) is 4.98 Å². The largest absolute Gasteiger partial charge is 0.477 e. The number of pyridine rings is 3. The molecular weight excluding hydrogens is 511 g/mol. The molecule has 4 aromatic rings. The average molecular weight is 541 g/mol. The predicted octanol–water partition coefficient (Wildman–Crippen LogP) is 3.78. The highest BCUT2D eigenvalue weighted by Gasteiger charge is 2.35. The fourth-order valence-corrected chi connectivity index (χ4v) is 6.28. The number of nitrogens with zero attached hydrogens (tertiary/aromatic N) is 4. The van der Waals surface area contributed by atoms with Crippen LogP contribution in [0.1, 0.15) is 40.9 Å². The lowest BCUT2D eigenvalue weighted by atomic mass is 9.97. The number of benzene rings is 1. The molecule has 0 spiro atoms. The third-order valence-corrected chi connectivity index (χ3v) is 8.33. The van der Waals surface area contributed by atoms with Gasteiger partial charge in [-0.1, -0.05) is 0 Å². The molecule has 0 amide bonds. The van der Waals surface area contributed by atoms with Gasteiger partial charge >= 0.3 is 5.97 Å². The molecule has 3 aliphatic rings. The Morgan fingerprint density at radius 3 is 2.67 bits per heavy atom. The third-order valence-electron chi connectivity index (χ3n) is 8.33. The van der Waals surface area contributed by atoms with Crippen molar-refractivity contribution in [2.45, 2.75) is 37.8 Å². The molecule has 2 aliphatic carbocycles. The Kier molecular flexibility index (Phi) is 5.64. The second kappa shape index (κ2) is 9.12. The van der Waals surface area contributed by atoms with Crippen LogP contribution in [0.4, 0.5) is 15.8 Å². The van der Waals surface area contributed by atoms with Crippen molar-refractivity contribution in [2.75, 3.05) is 30.4 Å². The van der Waals surface area contributed by atoms with Gasteiger partial charge in [-0.05, 0) is 48.6 Å². The molecule has 9 nitrogen and oxygen atoms in total. The Balaban J connectivity index is 1.44. The van der Waals surface area contributed by atoms with E-state index in [0.717, 1.165) is 58.8 Å². The molecule has 7 rings (SSSR count). The van der Waals surface area contributed by atoms with Crippen molar-refractivity contribution in [3.63, 3.8) is 0 Å². The Labute approximate surface area is 229 Å². The van der Waals surface area contributed by atoms with Crippen LogP contribution in [0.15, 0.2) is 41.6 Å². The summed E-state index contributed by atoms with van der Waals surface area (Å²) in [6.07, 6.45) is 8.80. The van der Waals surface area contributed by atoms with Gasteiger partial charge < -0.3 is 25.2 Å². The number of hydrogen-bond donors (Lipinski definition) is 3. The normalized spacial score (nSPS) is 17.8. The number of nitrogens with one attached hydrogen (secondary N) is 2. The number of rotatable bonds is 6. The van der Waals surface area contributed by atoms with Crippen molar-refractivity contribution in [2.24, 2.45) is 7.05 Å². The van der Waals surface area contributed by atoms with Gasteiger partial charge in [0.2, 0.25) is 5.43 Å². The van der Waals surface area contributed by atoms with Gasteiger partial charge in [-0.2, -0.15) is 0 Å². The molecule has 0 radical (unpaired) electrons. The molecule has 1 saturated carbocycles. The standard InChI is InChI=1S/C30H29FN6O3/c1-32-24-9-16(31)8-20-19(24)10-25-26(20)27(37-6-5-18(13-37)35-17-3-4-17)22(12-33-25)15-7-21-28(38)23(30(39)40)14-36(2)29(21)34-11-15/h7-9,11-12,14,17-18,32,35H,3-6,10,13H2,1-2H3,(H,39,40). The number of carboxylic acids is 1. The van der Waals surface area contributed by atoms with E-state index in [-0.39, 0.29) is 16.8 Å². The van der Waals surface area contributed by atoms with Gasteiger partial charge in [0.25, 0.3) is 0 Å². The quantitative estimate of drug-likeness (QED) is 0.298. The summed E-state index contributed by atoms with van der Waals surface area (Å²) < 4.78 is 16.4. The van der Waals surface area contributed by atoms with E-state index >= 15 is 0 Å². The molecular formula is C30H29FN6O3. The summed E-state index contributed by atoms with van der Waals surface area (Å²) in [6, 6.07) is 5.75. The first-order chi connectivity index (χ1) is 19.3. The molecule has 1 saturated heterocycles. The summed E-state index contributed by atoms with van der Waals surface area (Å²) in [4.78, 5) is 36.6. The zero-order chi connectivity index (χ0) is 27.7. The lowest BCUT2D eigenvalue weighted by molar-refractivity contribution is 0.0695. The van der Waals surface area contributed by atoms with E-state index in [2.05, 4.69) is 20.5 Å². The van der Waals surface area contributed by atoms with Gasteiger partial charge in [-0.15, -0.1) is 0 Å². The van der Waals surface area contributed by atoms with Crippen LogP contribution in [0.3, 0.4) is 0 Å². The molecule has 1 atom stereocenters. The van der Waals surface area contributed by atoms with Crippen LogP contribution in [0.25, 0.3) is 33.3 Å². The van der Waals surface area contributed by atoms with Gasteiger partial charge in [0.05, 0.1) is 16.8 Å². The van der Waals surface area contributed by atoms with E-state index in [9.17, 15) is 19.1 Å². The van der Waals surface area contributed by atoms with Crippen LogP contribution in [-0.4, -0.2) is 57.8 Å². The fourth-order valence-electron chi connectivity index (χ4n) is 6.28. The maximum absolute atomic E-state index is 14.8. The molecule has 1 unspecified atom stereocenters. The van der Waals surface area contributed by atoms with E-state index in [0.29, 0.717) is 29.7 Å². The summed E-state index contributed by atoms with van der Waals surface area (Å²) in [6.45, 7) is 1.62. The topological polar surface area (TPSA) is 112 Å². The molecule has 0 bridgehead atoms. The number of halogens is 1.